The number of esters is 1. The minimum Gasteiger partial charge on any atom is -0.508 e. The first-order chi connectivity index (χ1) is 8.69. The molecule has 2 N–H and O–H groups in total. The molecule has 2 atom stereocenters. The number of carbonyl (C=O) groups is 1. The number of hydrogen-bond acceptors (Lipinski definition) is 4. The zero-order chi connectivity index (χ0) is 14.6. The Morgan fingerprint density at radius 3 is 2.47 bits per heavy atom. The van der Waals surface area contributed by atoms with Crippen molar-refractivity contribution >= 4 is 5.97 Å². The van der Waals surface area contributed by atoms with Gasteiger partial charge in [-0.3, -0.25) is 10.1 Å². The molecule has 1 aromatic carbocycles. The molecule has 2 unspecified atom stereocenters. The van der Waals surface area contributed by atoms with Crippen LogP contribution in [0, 0.1) is 0 Å². The Morgan fingerprint density at radius 2 is 1.95 bits per heavy atom. The lowest BCUT2D eigenvalue weighted by molar-refractivity contribution is -0.157. The maximum Gasteiger partial charge on any atom is 0.323 e. The van der Waals surface area contributed by atoms with E-state index in [1.165, 1.54) is 0 Å². The third-order valence-corrected chi connectivity index (χ3v) is 2.63. The van der Waals surface area contributed by atoms with Crippen molar-refractivity contribution in [3.8, 4) is 5.75 Å². The van der Waals surface area contributed by atoms with Crippen LogP contribution in [0.1, 0.15) is 46.2 Å². The highest BCUT2D eigenvalue weighted by Gasteiger charge is 2.23. The fourth-order valence-corrected chi connectivity index (χ4v) is 1.72. The summed E-state index contributed by atoms with van der Waals surface area (Å²) in [6, 6.07) is 6.53. The quantitative estimate of drug-likeness (QED) is 0.822. The second kappa shape index (κ2) is 6.06. The summed E-state index contributed by atoms with van der Waals surface area (Å²) >= 11 is 0. The molecule has 0 radical (unpaired) electrons. The highest BCUT2D eigenvalue weighted by atomic mass is 16.6. The van der Waals surface area contributed by atoms with Gasteiger partial charge in [0.15, 0.2) is 0 Å². The number of rotatable bonds is 4. The molecule has 4 heteroatoms. The summed E-state index contributed by atoms with van der Waals surface area (Å²) in [6.45, 7) is 9.24. The Bertz CT molecular complexity index is 437. The molecule has 19 heavy (non-hydrogen) atoms. The van der Waals surface area contributed by atoms with Gasteiger partial charge in [0.2, 0.25) is 0 Å². The van der Waals surface area contributed by atoms with Crippen LogP contribution in [0.15, 0.2) is 24.3 Å². The van der Waals surface area contributed by atoms with E-state index in [2.05, 4.69) is 5.32 Å². The minimum atomic E-state index is -0.485. The first kappa shape index (κ1) is 15.5. The molecule has 0 bridgehead atoms. The van der Waals surface area contributed by atoms with Crippen molar-refractivity contribution in [2.45, 2.75) is 52.3 Å². The summed E-state index contributed by atoms with van der Waals surface area (Å²) in [6.07, 6.45) is 0. The Hall–Kier alpha value is -1.55. The molecule has 4 nitrogen and oxygen atoms in total. The van der Waals surface area contributed by atoms with E-state index in [-0.39, 0.29) is 17.8 Å². The van der Waals surface area contributed by atoms with Crippen LogP contribution in [0.4, 0.5) is 0 Å². The van der Waals surface area contributed by atoms with Crippen LogP contribution in [-0.4, -0.2) is 22.7 Å². The third-order valence-electron chi connectivity index (χ3n) is 2.63. The van der Waals surface area contributed by atoms with Gasteiger partial charge in [-0.15, -0.1) is 0 Å². The molecule has 0 saturated heterocycles. The van der Waals surface area contributed by atoms with E-state index in [4.69, 9.17) is 4.74 Å². The van der Waals surface area contributed by atoms with Gasteiger partial charge in [0.25, 0.3) is 0 Å². The van der Waals surface area contributed by atoms with Gasteiger partial charge in [-0.05, 0) is 52.3 Å². The fraction of sp³-hybridized carbons (Fsp3) is 0.533. The molecule has 0 heterocycles. The lowest BCUT2D eigenvalue weighted by Crippen LogP contribution is -2.40. The Labute approximate surface area is 114 Å². The predicted molar refractivity (Wildman–Crippen MR) is 75.0 cm³/mol. The van der Waals surface area contributed by atoms with Gasteiger partial charge in [-0.2, -0.15) is 0 Å². The van der Waals surface area contributed by atoms with Crippen molar-refractivity contribution in [2.75, 3.05) is 0 Å². The molecule has 0 saturated carbocycles. The average molecular weight is 265 g/mol. The molecule has 0 spiro atoms. The molecular weight excluding hydrogens is 242 g/mol. The lowest BCUT2D eigenvalue weighted by Gasteiger charge is -2.24. The first-order valence-corrected chi connectivity index (χ1v) is 6.47. The fourth-order valence-electron chi connectivity index (χ4n) is 1.72. The van der Waals surface area contributed by atoms with E-state index in [0.29, 0.717) is 0 Å². The van der Waals surface area contributed by atoms with Crippen LogP contribution in [0.3, 0.4) is 0 Å². The second-order valence-corrected chi connectivity index (χ2v) is 5.74. The summed E-state index contributed by atoms with van der Waals surface area (Å²) in [5.74, 6) is -0.0597. The van der Waals surface area contributed by atoms with Crippen molar-refractivity contribution in [1.82, 2.24) is 5.32 Å². The zero-order valence-electron chi connectivity index (χ0n) is 12.2. The third kappa shape index (κ3) is 5.30. The SMILES string of the molecule is CC(NC(C)c1cccc(O)c1)C(=O)OC(C)(C)C. The molecule has 0 aliphatic heterocycles. The number of benzene rings is 1. The van der Waals surface area contributed by atoms with Crippen LogP contribution in [0.5, 0.6) is 5.75 Å². The van der Waals surface area contributed by atoms with E-state index in [9.17, 15) is 9.90 Å². The molecule has 0 aromatic heterocycles. The van der Waals surface area contributed by atoms with Gasteiger partial charge in [0.05, 0.1) is 0 Å². The van der Waals surface area contributed by atoms with Crippen molar-refractivity contribution in [3.05, 3.63) is 29.8 Å². The molecule has 0 aliphatic carbocycles. The number of aromatic hydroxyl groups is 1. The van der Waals surface area contributed by atoms with Crippen LogP contribution < -0.4 is 5.32 Å². The number of phenols is 1. The summed E-state index contributed by atoms with van der Waals surface area (Å²) in [7, 11) is 0. The van der Waals surface area contributed by atoms with E-state index >= 15 is 0 Å². The zero-order valence-corrected chi connectivity index (χ0v) is 12.2. The summed E-state index contributed by atoms with van der Waals surface area (Å²) < 4.78 is 5.31. The topological polar surface area (TPSA) is 58.6 Å². The number of carbonyl (C=O) groups excluding carboxylic acids is 1. The minimum absolute atomic E-state index is 0.0466. The number of hydrogen-bond donors (Lipinski definition) is 2. The van der Waals surface area contributed by atoms with Crippen molar-refractivity contribution in [1.29, 1.82) is 0 Å². The second-order valence-electron chi connectivity index (χ2n) is 5.74. The Balaban J connectivity index is 2.61. The van der Waals surface area contributed by atoms with E-state index in [1.807, 2.05) is 33.8 Å². The van der Waals surface area contributed by atoms with Crippen LogP contribution >= 0.6 is 0 Å². The van der Waals surface area contributed by atoms with Crippen LogP contribution in [-0.2, 0) is 9.53 Å². The number of phenolic OH excluding ortho intramolecular Hbond substituents is 1. The number of nitrogens with one attached hydrogen (secondary N) is 1. The van der Waals surface area contributed by atoms with Crippen molar-refractivity contribution in [2.24, 2.45) is 0 Å². The van der Waals surface area contributed by atoms with E-state index < -0.39 is 11.6 Å². The first-order valence-electron chi connectivity index (χ1n) is 6.47. The molecular formula is C15H23NO3. The molecule has 0 aliphatic rings. The normalized spacial score (nSPS) is 14.8. The maximum absolute atomic E-state index is 11.9. The van der Waals surface area contributed by atoms with Gasteiger partial charge < -0.3 is 9.84 Å². The predicted octanol–water partition coefficient (Wildman–Crippen LogP) is 2.77. The lowest BCUT2D eigenvalue weighted by atomic mass is 10.1. The van der Waals surface area contributed by atoms with Crippen molar-refractivity contribution in [3.63, 3.8) is 0 Å². The molecule has 1 rings (SSSR count). The molecule has 106 valence electrons. The van der Waals surface area contributed by atoms with Crippen LogP contribution in [0.2, 0.25) is 0 Å². The van der Waals surface area contributed by atoms with E-state index in [1.54, 1.807) is 25.1 Å². The molecule has 0 amide bonds. The van der Waals surface area contributed by atoms with Gasteiger partial charge in [0.1, 0.15) is 17.4 Å². The Morgan fingerprint density at radius 1 is 1.32 bits per heavy atom. The highest BCUT2D eigenvalue weighted by molar-refractivity contribution is 5.75. The van der Waals surface area contributed by atoms with Crippen LogP contribution in [0.25, 0.3) is 0 Å². The van der Waals surface area contributed by atoms with Gasteiger partial charge in [0, 0.05) is 6.04 Å². The van der Waals surface area contributed by atoms with Gasteiger partial charge >= 0.3 is 5.97 Å². The van der Waals surface area contributed by atoms with Gasteiger partial charge in [-0.25, -0.2) is 0 Å². The average Bonchev–Trinajstić information content (AvgIpc) is 2.26. The summed E-state index contributed by atoms with van der Waals surface area (Å²) in [5.41, 5.74) is 0.441. The summed E-state index contributed by atoms with van der Waals surface area (Å²) in [4.78, 5) is 11.9. The largest absolute Gasteiger partial charge is 0.508 e. The van der Waals surface area contributed by atoms with E-state index in [0.717, 1.165) is 5.56 Å². The number of ether oxygens (including phenoxy) is 1. The van der Waals surface area contributed by atoms with Crippen molar-refractivity contribution < 1.29 is 14.6 Å². The monoisotopic (exact) mass is 265 g/mol. The van der Waals surface area contributed by atoms with Gasteiger partial charge in [-0.1, -0.05) is 12.1 Å². The Kier molecular flexibility index (Phi) is 4.95. The molecule has 0 fully saturated rings. The standard InChI is InChI=1S/C15H23NO3/c1-10(12-7-6-8-13(17)9-12)16-11(2)14(18)19-15(3,4)5/h6-11,16-17H,1-5H3. The summed E-state index contributed by atoms with van der Waals surface area (Å²) in [5, 5.41) is 12.6. The maximum atomic E-state index is 11.9. The molecule has 1 aromatic rings. The smallest absolute Gasteiger partial charge is 0.323 e. The highest BCUT2D eigenvalue weighted by Crippen LogP contribution is 2.18.